The van der Waals surface area contributed by atoms with Gasteiger partial charge in [-0.1, -0.05) is 6.07 Å². The van der Waals surface area contributed by atoms with Gasteiger partial charge in [-0.3, -0.25) is 14.8 Å². The molecular weight excluding hydrogens is 309 g/mol. The van der Waals surface area contributed by atoms with Gasteiger partial charge in [0.2, 0.25) is 0 Å². The van der Waals surface area contributed by atoms with Crippen LogP contribution in [0, 0.1) is 5.82 Å². The van der Waals surface area contributed by atoms with Crippen LogP contribution in [0.1, 0.15) is 5.56 Å². The summed E-state index contributed by atoms with van der Waals surface area (Å²) in [5.74, 6) is -0.257. The van der Waals surface area contributed by atoms with E-state index in [9.17, 15) is 9.50 Å². The molecule has 1 aliphatic heterocycles. The molecule has 5 nitrogen and oxygen atoms in total. The van der Waals surface area contributed by atoms with Crippen molar-refractivity contribution >= 4 is 10.9 Å². The number of hydrogen-bond acceptors (Lipinski definition) is 5. The molecule has 1 unspecified atom stereocenters. The van der Waals surface area contributed by atoms with Crippen molar-refractivity contribution in [3.8, 4) is 0 Å². The highest BCUT2D eigenvalue weighted by Gasteiger charge is 2.17. The van der Waals surface area contributed by atoms with Gasteiger partial charge in [0.05, 0.1) is 24.8 Å². The predicted molar refractivity (Wildman–Crippen MR) is 91.3 cm³/mol. The van der Waals surface area contributed by atoms with E-state index in [-0.39, 0.29) is 5.82 Å². The number of aliphatic hydroxyl groups excluding tert-OH is 1. The number of hydrogen-bond donors (Lipinski definition) is 1. The van der Waals surface area contributed by atoms with Crippen molar-refractivity contribution in [1.82, 2.24) is 14.8 Å². The minimum Gasteiger partial charge on any atom is -0.390 e. The number of fused-ring (bicyclic) bond motifs is 1. The smallest absolute Gasteiger partial charge is 0.124 e. The molecule has 0 spiro atoms. The quantitative estimate of drug-likeness (QED) is 0.868. The fraction of sp³-hybridized carbons (Fsp3) is 0.500. The predicted octanol–water partition coefficient (Wildman–Crippen LogP) is 1.50. The van der Waals surface area contributed by atoms with Crippen LogP contribution in [0.4, 0.5) is 4.39 Å². The molecule has 24 heavy (non-hydrogen) atoms. The summed E-state index contributed by atoms with van der Waals surface area (Å²) in [5.41, 5.74) is 1.65. The molecule has 3 rings (SSSR count). The van der Waals surface area contributed by atoms with Gasteiger partial charge in [0, 0.05) is 44.3 Å². The lowest BCUT2D eigenvalue weighted by molar-refractivity contribution is 0.00827. The van der Waals surface area contributed by atoms with Crippen molar-refractivity contribution in [2.75, 3.05) is 46.4 Å². The molecule has 1 atom stereocenters. The average molecular weight is 333 g/mol. The second-order valence-corrected chi connectivity index (χ2v) is 6.40. The third kappa shape index (κ3) is 4.48. The van der Waals surface area contributed by atoms with E-state index in [1.165, 1.54) is 12.1 Å². The van der Waals surface area contributed by atoms with Crippen LogP contribution in [0.2, 0.25) is 0 Å². The van der Waals surface area contributed by atoms with E-state index in [4.69, 9.17) is 4.74 Å². The molecule has 1 aliphatic rings. The molecule has 0 amide bonds. The first-order valence-electron chi connectivity index (χ1n) is 8.31. The van der Waals surface area contributed by atoms with Crippen molar-refractivity contribution in [3.63, 3.8) is 0 Å². The zero-order chi connectivity index (χ0) is 16.9. The molecule has 1 N–H and O–H groups in total. The Morgan fingerprint density at radius 3 is 2.96 bits per heavy atom. The van der Waals surface area contributed by atoms with Crippen molar-refractivity contribution < 1.29 is 14.2 Å². The summed E-state index contributed by atoms with van der Waals surface area (Å²) in [6.07, 6.45) is 1.28. The van der Waals surface area contributed by atoms with Crippen molar-refractivity contribution in [2.24, 2.45) is 0 Å². The van der Waals surface area contributed by atoms with Gasteiger partial charge in [0.25, 0.3) is 0 Å². The summed E-state index contributed by atoms with van der Waals surface area (Å²) < 4.78 is 19.1. The van der Waals surface area contributed by atoms with Crippen LogP contribution < -0.4 is 0 Å². The third-order valence-corrected chi connectivity index (χ3v) is 4.28. The molecule has 0 aliphatic carbocycles. The number of pyridine rings is 1. The number of nitrogens with zero attached hydrogens (tertiary/aromatic N) is 3. The van der Waals surface area contributed by atoms with Gasteiger partial charge in [-0.15, -0.1) is 0 Å². The van der Waals surface area contributed by atoms with E-state index >= 15 is 0 Å². The Labute approximate surface area is 141 Å². The fourth-order valence-corrected chi connectivity index (χ4v) is 3.20. The van der Waals surface area contributed by atoms with Crippen molar-refractivity contribution in [2.45, 2.75) is 12.6 Å². The average Bonchev–Trinajstić information content (AvgIpc) is 2.55. The van der Waals surface area contributed by atoms with Crippen molar-refractivity contribution in [3.05, 3.63) is 41.8 Å². The summed E-state index contributed by atoms with van der Waals surface area (Å²) in [5, 5.41) is 11.1. The minimum absolute atomic E-state index is 0.257. The Balaban J connectivity index is 1.61. The number of aliphatic hydroxyl groups is 1. The highest BCUT2D eigenvalue weighted by molar-refractivity contribution is 5.81. The summed E-state index contributed by atoms with van der Waals surface area (Å²) >= 11 is 0. The van der Waals surface area contributed by atoms with Crippen LogP contribution in [0.3, 0.4) is 0 Å². The van der Waals surface area contributed by atoms with E-state index in [0.717, 1.165) is 42.8 Å². The van der Waals surface area contributed by atoms with Crippen LogP contribution >= 0.6 is 0 Å². The Morgan fingerprint density at radius 2 is 2.17 bits per heavy atom. The summed E-state index contributed by atoms with van der Waals surface area (Å²) in [4.78, 5) is 8.59. The molecule has 1 fully saturated rings. The summed E-state index contributed by atoms with van der Waals surface area (Å²) in [7, 11) is 1.93. The van der Waals surface area contributed by atoms with Gasteiger partial charge in [-0.05, 0) is 30.8 Å². The Hall–Kier alpha value is -1.60. The molecule has 0 radical (unpaired) electrons. The maximum absolute atomic E-state index is 13.8. The second-order valence-electron chi connectivity index (χ2n) is 6.40. The van der Waals surface area contributed by atoms with Gasteiger partial charge < -0.3 is 9.84 Å². The van der Waals surface area contributed by atoms with E-state index in [0.29, 0.717) is 19.6 Å². The Bertz CT molecular complexity index is 676. The summed E-state index contributed by atoms with van der Waals surface area (Å²) in [6, 6.07) is 6.70. The lowest BCUT2D eigenvalue weighted by Crippen LogP contribution is -2.44. The lowest BCUT2D eigenvalue weighted by atomic mass is 10.1. The van der Waals surface area contributed by atoms with Gasteiger partial charge in [0.15, 0.2) is 0 Å². The SMILES string of the molecule is CN(Cc1cc(F)cc2cccnc12)CC(O)CN1CCOCC1. The number of halogens is 1. The number of ether oxygens (including phenoxy) is 1. The molecular formula is C18H24FN3O2. The van der Waals surface area contributed by atoms with Crippen LogP contribution in [0.15, 0.2) is 30.5 Å². The number of aromatic nitrogens is 1. The van der Waals surface area contributed by atoms with Crippen molar-refractivity contribution in [1.29, 1.82) is 0 Å². The fourth-order valence-electron chi connectivity index (χ4n) is 3.20. The third-order valence-electron chi connectivity index (χ3n) is 4.28. The van der Waals surface area contributed by atoms with Crippen LogP contribution in [0.5, 0.6) is 0 Å². The number of rotatable bonds is 6. The van der Waals surface area contributed by atoms with Crippen LogP contribution in [0.25, 0.3) is 10.9 Å². The standard InChI is InChI=1S/C18H24FN3O2/c1-21(12-17(23)13-22-5-7-24-8-6-22)11-15-10-16(19)9-14-3-2-4-20-18(14)15/h2-4,9-10,17,23H,5-8,11-13H2,1H3. The number of benzene rings is 1. The number of β-amino-alcohol motifs (C(OH)–C–C–N with tert-alkyl or cyclic N) is 1. The number of morpholine rings is 1. The van der Waals surface area contributed by atoms with Gasteiger partial charge in [-0.25, -0.2) is 4.39 Å². The zero-order valence-corrected chi connectivity index (χ0v) is 14.0. The van der Waals surface area contributed by atoms with Gasteiger partial charge in [-0.2, -0.15) is 0 Å². The molecule has 1 saturated heterocycles. The number of likely N-dealkylation sites (N-methyl/N-ethyl adjacent to an activating group) is 1. The normalized spacial score (nSPS) is 17.5. The lowest BCUT2D eigenvalue weighted by Gasteiger charge is -2.30. The molecule has 2 heterocycles. The summed E-state index contributed by atoms with van der Waals surface area (Å²) in [6.45, 7) is 4.88. The van der Waals surface area contributed by atoms with E-state index in [1.54, 1.807) is 12.3 Å². The van der Waals surface area contributed by atoms with Crippen LogP contribution in [-0.2, 0) is 11.3 Å². The first kappa shape index (κ1) is 17.2. The van der Waals surface area contributed by atoms with Gasteiger partial charge >= 0.3 is 0 Å². The Morgan fingerprint density at radius 1 is 1.38 bits per heavy atom. The van der Waals surface area contributed by atoms with Crippen LogP contribution in [-0.4, -0.2) is 72.4 Å². The maximum Gasteiger partial charge on any atom is 0.124 e. The molecule has 1 aromatic carbocycles. The zero-order valence-electron chi connectivity index (χ0n) is 14.0. The van der Waals surface area contributed by atoms with E-state index in [2.05, 4.69) is 9.88 Å². The minimum atomic E-state index is -0.444. The van der Waals surface area contributed by atoms with Gasteiger partial charge in [0.1, 0.15) is 5.82 Å². The molecule has 0 saturated carbocycles. The molecule has 130 valence electrons. The van der Waals surface area contributed by atoms with E-state index < -0.39 is 6.10 Å². The highest BCUT2D eigenvalue weighted by atomic mass is 19.1. The first-order chi connectivity index (χ1) is 11.6. The molecule has 6 heteroatoms. The monoisotopic (exact) mass is 333 g/mol. The molecule has 2 aromatic rings. The largest absolute Gasteiger partial charge is 0.390 e. The van der Waals surface area contributed by atoms with E-state index in [1.807, 2.05) is 18.0 Å². The maximum atomic E-state index is 13.8. The topological polar surface area (TPSA) is 48.8 Å². The second kappa shape index (κ2) is 7.98. The first-order valence-corrected chi connectivity index (χ1v) is 8.31. The Kier molecular flexibility index (Phi) is 5.73. The molecule has 1 aromatic heterocycles. The highest BCUT2D eigenvalue weighted by Crippen LogP contribution is 2.19. The molecule has 0 bridgehead atoms.